The molecule has 0 radical (unpaired) electrons. The Kier molecular flexibility index (Phi) is 12.4. The van der Waals surface area contributed by atoms with E-state index in [-0.39, 0.29) is 36.6 Å². The topological polar surface area (TPSA) is 132 Å². The van der Waals surface area contributed by atoms with Crippen LogP contribution in [0.2, 0.25) is 0 Å². The fourth-order valence-electron chi connectivity index (χ4n) is 4.37. The van der Waals surface area contributed by atoms with E-state index in [0.717, 1.165) is 0 Å². The van der Waals surface area contributed by atoms with Gasteiger partial charge in [0.1, 0.15) is 17.9 Å². The molecule has 1 aromatic carbocycles. The van der Waals surface area contributed by atoms with E-state index in [1.807, 2.05) is 0 Å². The zero-order chi connectivity index (χ0) is 31.4. The van der Waals surface area contributed by atoms with Crippen LogP contribution in [-0.4, -0.2) is 73.9 Å². The second-order valence-corrected chi connectivity index (χ2v) is 9.71. The number of para-hydroxylation sites is 1. The van der Waals surface area contributed by atoms with Gasteiger partial charge >= 0.3 is 18.1 Å². The van der Waals surface area contributed by atoms with Crippen LogP contribution in [0.3, 0.4) is 0 Å². The van der Waals surface area contributed by atoms with Gasteiger partial charge in [-0.25, -0.2) is 9.78 Å². The number of hydrogen-bond donors (Lipinski definition) is 1. The van der Waals surface area contributed by atoms with Crippen molar-refractivity contribution in [2.24, 2.45) is 0 Å². The number of cyclic esters (lactones) is 1. The summed E-state index contributed by atoms with van der Waals surface area (Å²) in [6, 6.07) is 9.04. The van der Waals surface area contributed by atoms with E-state index in [1.54, 1.807) is 37.3 Å². The zero-order valence-electron chi connectivity index (χ0n) is 24.1. The number of alkyl halides is 3. The number of rotatable bonds is 12. The fourth-order valence-corrected chi connectivity index (χ4v) is 4.37. The smallest absolute Gasteiger partial charge is 0.389 e. The molecule has 2 heterocycles. The summed E-state index contributed by atoms with van der Waals surface area (Å²) in [6.45, 7) is 2.10. The minimum Gasteiger partial charge on any atom is -0.493 e. The molecule has 1 amide bonds. The SMILES string of the molecule is COc1ccnc(C(=O)N[C@H]2CCC[C@H](OCCCC(F)(F)F)[C@@H](Oc3ccccc3)[C@H](C)OC2=O)c1OCOC(C)=O. The van der Waals surface area contributed by atoms with Crippen molar-refractivity contribution < 1.29 is 56.0 Å². The van der Waals surface area contributed by atoms with Crippen LogP contribution in [0.1, 0.15) is 56.4 Å². The van der Waals surface area contributed by atoms with Gasteiger partial charge in [-0.15, -0.1) is 0 Å². The summed E-state index contributed by atoms with van der Waals surface area (Å²) in [5.41, 5.74) is -0.219. The molecule has 1 aliphatic heterocycles. The van der Waals surface area contributed by atoms with Gasteiger partial charge in [0.25, 0.3) is 5.91 Å². The van der Waals surface area contributed by atoms with E-state index in [1.165, 1.54) is 26.3 Å². The molecular formula is C29H35F3N2O9. The van der Waals surface area contributed by atoms with E-state index in [4.69, 9.17) is 28.4 Å². The lowest BCUT2D eigenvalue weighted by Crippen LogP contribution is -2.46. The lowest BCUT2D eigenvalue weighted by atomic mass is 10.0. The summed E-state index contributed by atoms with van der Waals surface area (Å²) in [4.78, 5) is 41.7. The Morgan fingerprint density at radius 1 is 1.14 bits per heavy atom. The molecule has 1 aromatic heterocycles. The van der Waals surface area contributed by atoms with Crippen molar-refractivity contribution in [2.75, 3.05) is 20.5 Å². The van der Waals surface area contributed by atoms with Crippen LogP contribution < -0.4 is 19.5 Å². The Hall–Kier alpha value is -4.07. The van der Waals surface area contributed by atoms with Crippen LogP contribution in [-0.2, 0) is 23.8 Å². The third kappa shape index (κ3) is 10.6. The lowest BCUT2D eigenvalue weighted by Gasteiger charge is -2.31. The Morgan fingerprint density at radius 3 is 2.56 bits per heavy atom. The highest BCUT2D eigenvalue weighted by Gasteiger charge is 2.37. The normalized spacial score (nSPS) is 20.9. The maximum atomic E-state index is 13.3. The number of benzene rings is 1. The van der Waals surface area contributed by atoms with Gasteiger partial charge in [-0.05, 0) is 44.7 Å². The number of esters is 2. The summed E-state index contributed by atoms with van der Waals surface area (Å²) in [5.74, 6) is -1.61. The molecule has 0 saturated carbocycles. The molecule has 1 saturated heterocycles. The molecule has 0 unspecified atom stereocenters. The Balaban J connectivity index is 1.77. The molecule has 236 valence electrons. The molecule has 1 N–H and O–H groups in total. The maximum Gasteiger partial charge on any atom is 0.389 e. The van der Waals surface area contributed by atoms with Gasteiger partial charge in [-0.1, -0.05) is 18.2 Å². The molecule has 1 aliphatic rings. The number of hydrogen-bond acceptors (Lipinski definition) is 10. The first-order valence-electron chi connectivity index (χ1n) is 13.7. The predicted molar refractivity (Wildman–Crippen MR) is 145 cm³/mol. The molecule has 0 spiro atoms. The van der Waals surface area contributed by atoms with Crippen molar-refractivity contribution in [3.8, 4) is 17.2 Å². The molecule has 11 nitrogen and oxygen atoms in total. The monoisotopic (exact) mass is 612 g/mol. The number of amides is 1. The number of aromatic nitrogens is 1. The molecule has 14 heteroatoms. The zero-order valence-corrected chi connectivity index (χ0v) is 24.1. The van der Waals surface area contributed by atoms with Crippen LogP contribution in [0.15, 0.2) is 42.6 Å². The highest BCUT2D eigenvalue weighted by Crippen LogP contribution is 2.30. The fraction of sp³-hybridized carbons (Fsp3) is 0.517. The van der Waals surface area contributed by atoms with Crippen molar-refractivity contribution >= 4 is 17.8 Å². The highest BCUT2D eigenvalue weighted by molar-refractivity contribution is 5.98. The van der Waals surface area contributed by atoms with Crippen molar-refractivity contribution in [3.63, 3.8) is 0 Å². The van der Waals surface area contributed by atoms with Crippen LogP contribution in [0, 0.1) is 0 Å². The van der Waals surface area contributed by atoms with Gasteiger partial charge in [-0.2, -0.15) is 13.2 Å². The average Bonchev–Trinajstić information content (AvgIpc) is 3.00. The molecule has 0 aliphatic carbocycles. The Morgan fingerprint density at radius 2 is 1.88 bits per heavy atom. The van der Waals surface area contributed by atoms with Gasteiger partial charge < -0.3 is 33.7 Å². The van der Waals surface area contributed by atoms with Crippen LogP contribution in [0.25, 0.3) is 0 Å². The van der Waals surface area contributed by atoms with E-state index in [2.05, 4.69) is 10.3 Å². The molecule has 43 heavy (non-hydrogen) atoms. The summed E-state index contributed by atoms with van der Waals surface area (Å²) in [7, 11) is 1.35. The molecule has 1 fully saturated rings. The number of carbonyl (C=O) groups is 3. The third-order valence-corrected chi connectivity index (χ3v) is 6.42. The summed E-state index contributed by atoms with van der Waals surface area (Å²) in [5, 5.41) is 2.61. The lowest BCUT2D eigenvalue weighted by molar-refractivity contribution is -0.161. The van der Waals surface area contributed by atoms with Gasteiger partial charge in [-0.3, -0.25) is 9.59 Å². The number of pyridine rings is 1. The van der Waals surface area contributed by atoms with Gasteiger partial charge in [0.05, 0.1) is 13.2 Å². The second-order valence-electron chi connectivity index (χ2n) is 9.71. The van der Waals surface area contributed by atoms with E-state index >= 15 is 0 Å². The third-order valence-electron chi connectivity index (χ3n) is 6.42. The molecule has 4 atom stereocenters. The minimum absolute atomic E-state index is 0.0998. The van der Waals surface area contributed by atoms with Crippen LogP contribution in [0.4, 0.5) is 13.2 Å². The van der Waals surface area contributed by atoms with Gasteiger partial charge in [0.15, 0.2) is 23.3 Å². The number of nitrogens with zero attached hydrogens (tertiary/aromatic N) is 1. The number of carbonyl (C=O) groups excluding carboxylic acids is 3. The summed E-state index contributed by atoms with van der Waals surface area (Å²) in [6.07, 6.45) is -5.88. The van der Waals surface area contributed by atoms with Crippen molar-refractivity contribution in [1.82, 2.24) is 10.3 Å². The van der Waals surface area contributed by atoms with E-state index in [9.17, 15) is 27.6 Å². The first kappa shape index (κ1) is 33.4. The Bertz CT molecular complexity index is 1210. The van der Waals surface area contributed by atoms with Gasteiger partial charge in [0, 0.05) is 32.2 Å². The van der Waals surface area contributed by atoms with Crippen molar-refractivity contribution in [1.29, 1.82) is 0 Å². The number of nitrogens with one attached hydrogen (secondary N) is 1. The quantitative estimate of drug-likeness (QED) is 0.209. The van der Waals surface area contributed by atoms with Gasteiger partial charge in [0.2, 0.25) is 6.79 Å². The number of ether oxygens (including phenoxy) is 6. The first-order chi connectivity index (χ1) is 20.5. The largest absolute Gasteiger partial charge is 0.493 e. The Labute approximate surface area is 246 Å². The van der Waals surface area contributed by atoms with E-state index in [0.29, 0.717) is 18.6 Å². The standard InChI is InChI=1S/C29H35F3N2O9/c1-18-25(43-20-9-5-4-6-10-20)23(39-16-8-14-29(30,31)32)12-7-11-21(28(37)42-18)34-27(36)24-26(41-17-40-19(2)35)22(38-3)13-15-33-24/h4-6,9-10,13,15,18,21,23,25H,7-8,11-12,14,16-17H2,1-3H3,(H,34,36)/t18-,21-,23-,25-/m0/s1. The summed E-state index contributed by atoms with van der Waals surface area (Å²) < 4.78 is 71.2. The average molecular weight is 613 g/mol. The van der Waals surface area contributed by atoms with Crippen LogP contribution in [0.5, 0.6) is 17.2 Å². The minimum atomic E-state index is -4.31. The first-order valence-corrected chi connectivity index (χ1v) is 13.7. The number of halogens is 3. The number of methoxy groups -OCH3 is 1. The summed E-state index contributed by atoms with van der Waals surface area (Å²) >= 11 is 0. The molecule has 3 rings (SSSR count). The molecule has 0 bridgehead atoms. The van der Waals surface area contributed by atoms with Crippen molar-refractivity contribution in [2.45, 2.75) is 76.5 Å². The predicted octanol–water partition coefficient (Wildman–Crippen LogP) is 4.38. The molecule has 2 aromatic rings. The van der Waals surface area contributed by atoms with Crippen molar-refractivity contribution in [3.05, 3.63) is 48.3 Å². The van der Waals surface area contributed by atoms with Crippen LogP contribution >= 0.6 is 0 Å². The maximum absolute atomic E-state index is 13.3. The highest BCUT2D eigenvalue weighted by atomic mass is 19.4. The second kappa shape index (κ2) is 16.0. The molecular weight excluding hydrogens is 577 g/mol. The van der Waals surface area contributed by atoms with E-state index < -0.39 is 61.6 Å².